The summed E-state index contributed by atoms with van der Waals surface area (Å²) in [5.41, 5.74) is 0. The minimum Gasteiger partial charge on any atom is -0.481 e. The summed E-state index contributed by atoms with van der Waals surface area (Å²) in [5.74, 6) is -2.63. The first kappa shape index (κ1) is 12.7. The Morgan fingerprint density at radius 2 is 2.06 bits per heavy atom. The first-order chi connectivity index (χ1) is 7.45. The minimum absolute atomic E-state index is 0.215. The summed E-state index contributed by atoms with van der Waals surface area (Å²) in [6.45, 7) is 3.47. The van der Waals surface area contributed by atoms with E-state index in [1.54, 1.807) is 27.0 Å². The van der Waals surface area contributed by atoms with Gasteiger partial charge in [0.2, 0.25) is 5.91 Å². The smallest absolute Gasteiger partial charge is 0.316 e. The molecule has 1 rings (SSSR count). The third kappa shape index (κ3) is 2.61. The number of thiophene rings is 1. The van der Waals surface area contributed by atoms with E-state index in [9.17, 15) is 9.59 Å². The van der Waals surface area contributed by atoms with E-state index in [-0.39, 0.29) is 11.8 Å². The highest BCUT2D eigenvalue weighted by atomic mass is 32.1. The van der Waals surface area contributed by atoms with E-state index in [1.807, 2.05) is 11.4 Å². The van der Waals surface area contributed by atoms with Gasteiger partial charge in [0.25, 0.3) is 0 Å². The lowest BCUT2D eigenvalue weighted by molar-refractivity contribution is -0.147. The Labute approximate surface area is 98.5 Å². The van der Waals surface area contributed by atoms with Crippen LogP contribution in [0.2, 0.25) is 0 Å². The Hall–Kier alpha value is -1.36. The Kier molecular flexibility index (Phi) is 4.06. The molecule has 0 aliphatic rings. The highest BCUT2D eigenvalue weighted by Crippen LogP contribution is 2.23. The number of amides is 1. The summed E-state index contributed by atoms with van der Waals surface area (Å²) in [6, 6.07) is 3.62. The molecule has 0 spiro atoms. The van der Waals surface area contributed by atoms with Crippen molar-refractivity contribution >= 4 is 28.2 Å². The van der Waals surface area contributed by atoms with Crippen molar-refractivity contribution in [1.29, 1.82) is 0 Å². The van der Waals surface area contributed by atoms with E-state index in [1.165, 1.54) is 16.2 Å². The van der Waals surface area contributed by atoms with Crippen LogP contribution in [-0.2, 0) is 9.59 Å². The molecule has 1 unspecified atom stereocenters. The van der Waals surface area contributed by atoms with Crippen LogP contribution >= 0.6 is 11.3 Å². The number of carbonyl (C=O) groups excluding carboxylic acids is 1. The molecule has 0 radical (unpaired) electrons. The first-order valence-corrected chi connectivity index (χ1v) is 5.87. The molecular formula is C11H15NO3S. The van der Waals surface area contributed by atoms with E-state index in [0.29, 0.717) is 0 Å². The highest BCUT2D eigenvalue weighted by Gasteiger charge is 2.32. The Bertz CT molecular complexity index is 373. The Morgan fingerprint density at radius 3 is 2.44 bits per heavy atom. The van der Waals surface area contributed by atoms with E-state index in [0.717, 1.165) is 5.00 Å². The van der Waals surface area contributed by atoms with Gasteiger partial charge >= 0.3 is 5.97 Å². The van der Waals surface area contributed by atoms with Crippen molar-refractivity contribution in [3.05, 3.63) is 17.5 Å². The quantitative estimate of drug-likeness (QED) is 0.821. The average Bonchev–Trinajstić information content (AvgIpc) is 2.67. The number of aliphatic carboxylic acids is 1. The molecule has 4 nitrogen and oxygen atoms in total. The number of carboxylic acid groups (broad SMARTS) is 1. The highest BCUT2D eigenvalue weighted by molar-refractivity contribution is 7.14. The van der Waals surface area contributed by atoms with Crippen molar-refractivity contribution in [3.8, 4) is 0 Å². The molecule has 0 aliphatic carbocycles. The molecule has 5 heteroatoms. The second kappa shape index (κ2) is 5.12. The molecule has 1 N–H and O–H groups in total. The zero-order chi connectivity index (χ0) is 12.3. The molecule has 1 heterocycles. The maximum Gasteiger partial charge on any atom is 0.316 e. The second-order valence-electron chi connectivity index (χ2n) is 3.91. The summed E-state index contributed by atoms with van der Waals surface area (Å²) >= 11 is 1.41. The summed E-state index contributed by atoms with van der Waals surface area (Å²) in [4.78, 5) is 24.4. The predicted octanol–water partition coefficient (Wildman–Crippen LogP) is 2.07. The molecule has 0 fully saturated rings. The molecule has 88 valence electrons. The lowest BCUT2D eigenvalue weighted by Crippen LogP contribution is -2.39. The summed E-state index contributed by atoms with van der Waals surface area (Å²) < 4.78 is 0. The van der Waals surface area contributed by atoms with Crippen LogP contribution in [0, 0.1) is 11.8 Å². The fourth-order valence-electron chi connectivity index (χ4n) is 1.45. The van der Waals surface area contributed by atoms with E-state index in [4.69, 9.17) is 5.11 Å². The summed E-state index contributed by atoms with van der Waals surface area (Å²) in [5, 5.41) is 11.6. The fourth-order valence-corrected chi connectivity index (χ4v) is 2.16. The zero-order valence-electron chi connectivity index (χ0n) is 9.51. The third-order valence-electron chi connectivity index (χ3n) is 2.37. The van der Waals surface area contributed by atoms with Crippen LogP contribution in [0.15, 0.2) is 17.5 Å². The molecule has 0 aliphatic heterocycles. The van der Waals surface area contributed by atoms with Gasteiger partial charge in [0, 0.05) is 7.05 Å². The molecule has 0 saturated carbocycles. The molecule has 0 bridgehead atoms. The maximum atomic E-state index is 12.0. The van der Waals surface area contributed by atoms with Gasteiger partial charge in [0.1, 0.15) is 5.92 Å². The van der Waals surface area contributed by atoms with Crippen molar-refractivity contribution in [2.45, 2.75) is 13.8 Å². The first-order valence-electron chi connectivity index (χ1n) is 4.99. The molecule has 1 aromatic rings. The van der Waals surface area contributed by atoms with Gasteiger partial charge in [-0.05, 0) is 23.4 Å². The monoisotopic (exact) mass is 241 g/mol. The standard InChI is InChI=1S/C11H15NO3S/c1-7(2)9(11(14)15)10(13)12(3)8-5-4-6-16-8/h4-7,9H,1-3H3,(H,14,15). The Balaban J connectivity index is 2.87. The fraction of sp³-hybridized carbons (Fsp3) is 0.455. The van der Waals surface area contributed by atoms with Gasteiger partial charge in [0.05, 0.1) is 5.00 Å². The van der Waals surface area contributed by atoms with Crippen molar-refractivity contribution in [2.24, 2.45) is 11.8 Å². The van der Waals surface area contributed by atoms with Crippen molar-refractivity contribution in [2.75, 3.05) is 11.9 Å². The molecule has 0 aromatic carbocycles. The third-order valence-corrected chi connectivity index (χ3v) is 3.31. The molecular weight excluding hydrogens is 226 g/mol. The molecule has 1 atom stereocenters. The lowest BCUT2D eigenvalue weighted by Gasteiger charge is -2.22. The van der Waals surface area contributed by atoms with Crippen molar-refractivity contribution < 1.29 is 14.7 Å². The number of hydrogen-bond donors (Lipinski definition) is 1. The lowest BCUT2D eigenvalue weighted by atomic mass is 9.95. The number of nitrogens with zero attached hydrogens (tertiary/aromatic N) is 1. The molecule has 16 heavy (non-hydrogen) atoms. The topological polar surface area (TPSA) is 57.6 Å². The number of carbonyl (C=O) groups is 2. The van der Waals surface area contributed by atoms with Gasteiger partial charge in [-0.2, -0.15) is 0 Å². The minimum atomic E-state index is -1.07. The van der Waals surface area contributed by atoms with Gasteiger partial charge < -0.3 is 10.0 Å². The van der Waals surface area contributed by atoms with Crippen LogP contribution in [0.1, 0.15) is 13.8 Å². The van der Waals surface area contributed by atoms with Crippen LogP contribution in [0.3, 0.4) is 0 Å². The number of hydrogen-bond acceptors (Lipinski definition) is 3. The van der Waals surface area contributed by atoms with Crippen molar-refractivity contribution in [1.82, 2.24) is 0 Å². The largest absolute Gasteiger partial charge is 0.481 e. The molecule has 0 saturated heterocycles. The van der Waals surface area contributed by atoms with Crippen LogP contribution in [0.5, 0.6) is 0 Å². The zero-order valence-corrected chi connectivity index (χ0v) is 10.3. The van der Waals surface area contributed by atoms with Gasteiger partial charge in [-0.15, -0.1) is 11.3 Å². The number of carboxylic acids is 1. The second-order valence-corrected chi connectivity index (χ2v) is 4.83. The van der Waals surface area contributed by atoms with Gasteiger partial charge in [0.15, 0.2) is 0 Å². The summed E-state index contributed by atoms with van der Waals surface area (Å²) in [7, 11) is 1.60. The van der Waals surface area contributed by atoms with Crippen LogP contribution in [0.25, 0.3) is 0 Å². The van der Waals surface area contributed by atoms with Crippen molar-refractivity contribution in [3.63, 3.8) is 0 Å². The van der Waals surface area contributed by atoms with Crippen LogP contribution < -0.4 is 4.90 Å². The number of anilines is 1. The number of rotatable bonds is 4. The van der Waals surface area contributed by atoms with E-state index < -0.39 is 11.9 Å². The average molecular weight is 241 g/mol. The van der Waals surface area contributed by atoms with Crippen LogP contribution in [0.4, 0.5) is 5.00 Å². The van der Waals surface area contributed by atoms with Gasteiger partial charge in [-0.25, -0.2) is 0 Å². The SMILES string of the molecule is CC(C)C(C(=O)O)C(=O)N(C)c1cccs1. The predicted molar refractivity (Wildman–Crippen MR) is 63.7 cm³/mol. The van der Waals surface area contributed by atoms with Gasteiger partial charge in [-0.1, -0.05) is 13.8 Å². The Morgan fingerprint density at radius 1 is 1.44 bits per heavy atom. The maximum absolute atomic E-state index is 12.0. The molecule has 1 aromatic heterocycles. The van der Waals surface area contributed by atoms with E-state index >= 15 is 0 Å². The van der Waals surface area contributed by atoms with Crippen LogP contribution in [-0.4, -0.2) is 24.0 Å². The normalized spacial score (nSPS) is 12.5. The van der Waals surface area contributed by atoms with E-state index in [2.05, 4.69) is 0 Å². The summed E-state index contributed by atoms with van der Waals surface area (Å²) in [6.07, 6.45) is 0. The van der Waals surface area contributed by atoms with Gasteiger partial charge in [-0.3, -0.25) is 9.59 Å². The molecule has 1 amide bonds.